The van der Waals surface area contributed by atoms with Crippen molar-refractivity contribution in [2.45, 2.75) is 12.8 Å². The third-order valence-electron chi connectivity index (χ3n) is 2.62. The minimum Gasteiger partial charge on any atom is -0.496 e. The van der Waals surface area contributed by atoms with Crippen LogP contribution in [0.15, 0.2) is 12.1 Å². The van der Waals surface area contributed by atoms with E-state index in [-0.39, 0.29) is 5.92 Å². The molecule has 0 saturated heterocycles. The molecule has 0 heterocycles. The first-order chi connectivity index (χ1) is 7.67. The molecule has 1 aromatic carbocycles. The third-order valence-corrected chi connectivity index (χ3v) is 2.62. The molecule has 4 heteroatoms. The Hall–Kier alpha value is -1.42. The fourth-order valence-corrected chi connectivity index (χ4v) is 1.56. The maximum Gasteiger partial charge on any atom is 0.164 e. The predicted octanol–water partition coefficient (Wildman–Crippen LogP) is 1.77. The molecule has 0 aliphatic carbocycles. The van der Waals surface area contributed by atoms with Crippen molar-refractivity contribution in [3.63, 3.8) is 0 Å². The van der Waals surface area contributed by atoms with Crippen LogP contribution in [0.3, 0.4) is 0 Å². The molecule has 0 aromatic heterocycles. The zero-order valence-electron chi connectivity index (χ0n) is 10.2. The van der Waals surface area contributed by atoms with Gasteiger partial charge in [0.05, 0.1) is 21.3 Å². The van der Waals surface area contributed by atoms with Gasteiger partial charge in [-0.05, 0) is 18.5 Å². The first-order valence-corrected chi connectivity index (χ1v) is 5.17. The van der Waals surface area contributed by atoms with E-state index in [4.69, 9.17) is 19.9 Å². The molecule has 0 spiro atoms. The second-order valence-electron chi connectivity index (χ2n) is 3.59. The summed E-state index contributed by atoms with van der Waals surface area (Å²) in [5.41, 5.74) is 6.69. The molecular formula is C12H19NO3. The summed E-state index contributed by atoms with van der Waals surface area (Å²) in [5.74, 6) is 2.34. The van der Waals surface area contributed by atoms with Crippen LogP contribution in [-0.2, 0) is 0 Å². The summed E-state index contributed by atoms with van der Waals surface area (Å²) >= 11 is 0. The van der Waals surface area contributed by atoms with Crippen LogP contribution in [0, 0.1) is 0 Å². The van der Waals surface area contributed by atoms with Gasteiger partial charge in [-0.15, -0.1) is 0 Å². The number of nitrogens with two attached hydrogens (primary N) is 1. The van der Waals surface area contributed by atoms with Crippen LogP contribution in [-0.4, -0.2) is 27.9 Å². The van der Waals surface area contributed by atoms with Gasteiger partial charge in [-0.2, -0.15) is 0 Å². The van der Waals surface area contributed by atoms with Crippen molar-refractivity contribution >= 4 is 0 Å². The van der Waals surface area contributed by atoms with E-state index in [0.717, 1.165) is 11.3 Å². The van der Waals surface area contributed by atoms with Crippen molar-refractivity contribution in [1.82, 2.24) is 0 Å². The van der Waals surface area contributed by atoms with E-state index in [1.165, 1.54) is 0 Å². The molecule has 0 saturated carbocycles. The average molecular weight is 225 g/mol. The van der Waals surface area contributed by atoms with Crippen LogP contribution in [0.5, 0.6) is 17.2 Å². The molecule has 0 fully saturated rings. The van der Waals surface area contributed by atoms with Crippen LogP contribution in [0.2, 0.25) is 0 Å². The van der Waals surface area contributed by atoms with Gasteiger partial charge in [-0.25, -0.2) is 0 Å². The fourth-order valence-electron chi connectivity index (χ4n) is 1.56. The Morgan fingerprint density at radius 3 is 1.94 bits per heavy atom. The number of benzene rings is 1. The first-order valence-electron chi connectivity index (χ1n) is 5.17. The molecule has 1 unspecified atom stereocenters. The Morgan fingerprint density at radius 1 is 1.00 bits per heavy atom. The summed E-state index contributed by atoms with van der Waals surface area (Å²) in [4.78, 5) is 0. The summed E-state index contributed by atoms with van der Waals surface area (Å²) in [7, 11) is 4.85. The molecular weight excluding hydrogens is 206 g/mol. The molecule has 1 aromatic rings. The molecule has 0 aliphatic heterocycles. The molecule has 1 rings (SSSR count). The average Bonchev–Trinajstić information content (AvgIpc) is 2.35. The van der Waals surface area contributed by atoms with Gasteiger partial charge in [0.15, 0.2) is 11.5 Å². The van der Waals surface area contributed by atoms with E-state index in [2.05, 4.69) is 0 Å². The van der Waals surface area contributed by atoms with Crippen molar-refractivity contribution in [3.05, 3.63) is 17.7 Å². The van der Waals surface area contributed by atoms with Crippen molar-refractivity contribution in [1.29, 1.82) is 0 Å². The lowest BCUT2D eigenvalue weighted by Crippen LogP contribution is -2.10. The zero-order valence-corrected chi connectivity index (χ0v) is 10.2. The van der Waals surface area contributed by atoms with Crippen LogP contribution in [0.1, 0.15) is 18.4 Å². The van der Waals surface area contributed by atoms with Gasteiger partial charge in [-0.1, -0.05) is 6.92 Å². The molecule has 4 nitrogen and oxygen atoms in total. The van der Waals surface area contributed by atoms with E-state index in [1.54, 1.807) is 21.3 Å². The van der Waals surface area contributed by atoms with Crippen LogP contribution in [0.4, 0.5) is 0 Å². The van der Waals surface area contributed by atoms with E-state index < -0.39 is 0 Å². The van der Waals surface area contributed by atoms with E-state index in [1.807, 2.05) is 19.1 Å². The van der Waals surface area contributed by atoms with Crippen molar-refractivity contribution in [2.75, 3.05) is 27.9 Å². The van der Waals surface area contributed by atoms with Crippen LogP contribution >= 0.6 is 0 Å². The summed E-state index contributed by atoms with van der Waals surface area (Å²) < 4.78 is 15.8. The first kappa shape index (κ1) is 12.6. The highest BCUT2D eigenvalue weighted by atomic mass is 16.5. The molecule has 1 atom stereocenters. The maximum atomic E-state index is 5.66. The number of rotatable bonds is 5. The Labute approximate surface area is 96.3 Å². The Balaban J connectivity index is 3.25. The quantitative estimate of drug-likeness (QED) is 0.829. The SMILES string of the molecule is COc1cc(OC)c(C(C)CN)cc1OC. The highest BCUT2D eigenvalue weighted by Gasteiger charge is 2.15. The second kappa shape index (κ2) is 5.61. The lowest BCUT2D eigenvalue weighted by Gasteiger charge is -2.17. The highest BCUT2D eigenvalue weighted by Crippen LogP contribution is 2.37. The summed E-state index contributed by atoms with van der Waals surface area (Å²) in [6, 6.07) is 3.73. The second-order valence-corrected chi connectivity index (χ2v) is 3.59. The van der Waals surface area contributed by atoms with E-state index in [9.17, 15) is 0 Å². The van der Waals surface area contributed by atoms with Gasteiger partial charge in [0.1, 0.15) is 5.75 Å². The Bertz CT molecular complexity index is 352. The van der Waals surface area contributed by atoms with E-state index in [0.29, 0.717) is 18.0 Å². The molecule has 90 valence electrons. The molecule has 0 bridgehead atoms. The lowest BCUT2D eigenvalue weighted by molar-refractivity contribution is 0.346. The predicted molar refractivity (Wildman–Crippen MR) is 63.6 cm³/mol. The summed E-state index contributed by atoms with van der Waals surface area (Å²) in [6.07, 6.45) is 0. The number of hydrogen-bond donors (Lipinski definition) is 1. The van der Waals surface area contributed by atoms with Crippen LogP contribution < -0.4 is 19.9 Å². The van der Waals surface area contributed by atoms with Crippen molar-refractivity contribution in [2.24, 2.45) is 5.73 Å². The normalized spacial score (nSPS) is 12.1. The smallest absolute Gasteiger partial charge is 0.164 e. The lowest BCUT2D eigenvalue weighted by atomic mass is 9.99. The third kappa shape index (κ3) is 2.39. The molecule has 0 aliphatic rings. The molecule has 16 heavy (non-hydrogen) atoms. The fraction of sp³-hybridized carbons (Fsp3) is 0.500. The molecule has 0 amide bonds. The number of hydrogen-bond acceptors (Lipinski definition) is 4. The van der Waals surface area contributed by atoms with Crippen molar-refractivity contribution < 1.29 is 14.2 Å². The minimum atomic E-state index is 0.217. The number of methoxy groups -OCH3 is 3. The number of ether oxygens (including phenoxy) is 3. The molecule has 0 radical (unpaired) electrons. The van der Waals surface area contributed by atoms with Gasteiger partial charge in [0.2, 0.25) is 0 Å². The maximum absolute atomic E-state index is 5.66. The van der Waals surface area contributed by atoms with Gasteiger partial charge >= 0.3 is 0 Å². The largest absolute Gasteiger partial charge is 0.496 e. The summed E-state index contributed by atoms with van der Waals surface area (Å²) in [6.45, 7) is 2.61. The standard InChI is InChI=1S/C12H19NO3/c1-8(7-13)9-5-11(15-3)12(16-4)6-10(9)14-2/h5-6,8H,7,13H2,1-4H3. The van der Waals surface area contributed by atoms with Crippen molar-refractivity contribution in [3.8, 4) is 17.2 Å². The topological polar surface area (TPSA) is 53.7 Å². The zero-order chi connectivity index (χ0) is 12.1. The van der Waals surface area contributed by atoms with Gasteiger partial charge < -0.3 is 19.9 Å². The molecule has 2 N–H and O–H groups in total. The van der Waals surface area contributed by atoms with Gasteiger partial charge in [0.25, 0.3) is 0 Å². The summed E-state index contributed by atoms with van der Waals surface area (Å²) in [5, 5.41) is 0. The Morgan fingerprint density at radius 2 is 1.50 bits per heavy atom. The monoisotopic (exact) mass is 225 g/mol. The van der Waals surface area contributed by atoms with Gasteiger partial charge in [-0.3, -0.25) is 0 Å². The van der Waals surface area contributed by atoms with Gasteiger partial charge in [0, 0.05) is 11.6 Å². The Kier molecular flexibility index (Phi) is 4.43. The highest BCUT2D eigenvalue weighted by molar-refractivity contribution is 5.51. The minimum absolute atomic E-state index is 0.217. The van der Waals surface area contributed by atoms with E-state index >= 15 is 0 Å². The van der Waals surface area contributed by atoms with Crippen LogP contribution in [0.25, 0.3) is 0 Å².